The van der Waals surface area contributed by atoms with E-state index in [-0.39, 0.29) is 5.79 Å². The van der Waals surface area contributed by atoms with Gasteiger partial charge in [0.15, 0.2) is 5.79 Å². The van der Waals surface area contributed by atoms with Crippen LogP contribution in [0.1, 0.15) is 19.3 Å². The Labute approximate surface area is 68.0 Å². The fraction of sp³-hybridized carbons (Fsp3) is 0.750. The lowest BCUT2D eigenvalue weighted by Crippen LogP contribution is -2.31. The van der Waals surface area contributed by atoms with Crippen LogP contribution in [0.25, 0.3) is 0 Å². The monoisotopic (exact) mass is 150 g/mol. The molecule has 1 fully saturated rings. The second-order valence-electron chi connectivity index (χ2n) is 3.09. The molecule has 1 heterocycles. The summed E-state index contributed by atoms with van der Waals surface area (Å²) in [6.45, 7) is 1.46. The largest absolute Gasteiger partial charge is 0.347 e. The Balaban J connectivity index is 2.06. The van der Waals surface area contributed by atoms with Crippen molar-refractivity contribution >= 4 is 7.85 Å². The quantitative estimate of drug-likeness (QED) is 0.479. The lowest BCUT2D eigenvalue weighted by Gasteiger charge is -2.29. The van der Waals surface area contributed by atoms with Crippen LogP contribution < -0.4 is 0 Å². The molecule has 0 aromatic rings. The zero-order valence-corrected chi connectivity index (χ0v) is 6.51. The van der Waals surface area contributed by atoms with Crippen LogP contribution in [0.15, 0.2) is 11.5 Å². The topological polar surface area (TPSA) is 18.5 Å². The van der Waals surface area contributed by atoms with Crippen LogP contribution in [0.5, 0.6) is 0 Å². The fourth-order valence-electron chi connectivity index (χ4n) is 1.58. The molecular weight excluding hydrogens is 139 g/mol. The zero-order valence-electron chi connectivity index (χ0n) is 6.51. The first-order chi connectivity index (χ1) is 5.31. The summed E-state index contributed by atoms with van der Waals surface area (Å²) < 4.78 is 11.0. The molecule has 58 valence electrons. The Bertz CT molecular complexity index is 183. The SMILES string of the molecule is [B]C1=CCC2(CC1)OCCO2. The second kappa shape index (κ2) is 2.65. The van der Waals surface area contributed by atoms with Gasteiger partial charge in [-0.1, -0.05) is 6.08 Å². The van der Waals surface area contributed by atoms with E-state index >= 15 is 0 Å². The fourth-order valence-corrected chi connectivity index (χ4v) is 1.58. The molecule has 0 unspecified atom stereocenters. The lowest BCUT2D eigenvalue weighted by atomic mass is 9.83. The molecule has 0 bridgehead atoms. The summed E-state index contributed by atoms with van der Waals surface area (Å²) in [5, 5.41) is 0. The van der Waals surface area contributed by atoms with Crippen molar-refractivity contribution in [3.8, 4) is 0 Å². The van der Waals surface area contributed by atoms with E-state index in [4.69, 9.17) is 17.3 Å². The lowest BCUT2D eigenvalue weighted by molar-refractivity contribution is -0.160. The Morgan fingerprint density at radius 1 is 1.36 bits per heavy atom. The molecule has 3 heteroatoms. The molecule has 11 heavy (non-hydrogen) atoms. The van der Waals surface area contributed by atoms with Gasteiger partial charge in [0.1, 0.15) is 7.85 Å². The van der Waals surface area contributed by atoms with Crippen LogP contribution in [-0.4, -0.2) is 26.8 Å². The number of allylic oxidation sites excluding steroid dienone is 1. The molecule has 0 aromatic heterocycles. The van der Waals surface area contributed by atoms with Gasteiger partial charge < -0.3 is 9.47 Å². The normalized spacial score (nSPS) is 28.9. The van der Waals surface area contributed by atoms with E-state index in [0.29, 0.717) is 0 Å². The van der Waals surface area contributed by atoms with Crippen LogP contribution in [-0.2, 0) is 9.47 Å². The first-order valence-corrected chi connectivity index (χ1v) is 4.03. The first-order valence-electron chi connectivity index (χ1n) is 4.03. The predicted octanol–water partition coefficient (Wildman–Crippen LogP) is 0.966. The van der Waals surface area contributed by atoms with E-state index in [1.807, 2.05) is 6.08 Å². The highest BCUT2D eigenvalue weighted by Gasteiger charge is 2.36. The molecule has 2 nitrogen and oxygen atoms in total. The third-order valence-corrected chi connectivity index (χ3v) is 2.28. The molecule has 0 atom stereocenters. The minimum Gasteiger partial charge on any atom is -0.347 e. The Morgan fingerprint density at radius 2 is 2.09 bits per heavy atom. The van der Waals surface area contributed by atoms with Gasteiger partial charge in [-0.3, -0.25) is 0 Å². The molecule has 0 aromatic carbocycles. The Kier molecular flexibility index (Phi) is 1.78. The number of hydrogen-bond donors (Lipinski definition) is 0. The van der Waals surface area contributed by atoms with Crippen molar-refractivity contribution in [3.05, 3.63) is 11.5 Å². The summed E-state index contributed by atoms with van der Waals surface area (Å²) in [5.74, 6) is -0.303. The van der Waals surface area contributed by atoms with E-state index in [2.05, 4.69) is 0 Å². The number of ether oxygens (including phenoxy) is 2. The van der Waals surface area contributed by atoms with E-state index in [1.165, 1.54) is 0 Å². The molecule has 1 saturated heterocycles. The smallest absolute Gasteiger partial charge is 0.172 e. The standard InChI is InChI=1S/C8H11BO2/c9-7-1-3-8(4-2-7)10-5-6-11-8/h1H,2-6H2. The molecule has 0 N–H and O–H groups in total. The first kappa shape index (κ1) is 7.38. The van der Waals surface area contributed by atoms with Gasteiger partial charge in [0, 0.05) is 12.8 Å². The van der Waals surface area contributed by atoms with Crippen LogP contribution in [0.3, 0.4) is 0 Å². The average molecular weight is 150 g/mol. The minimum absolute atomic E-state index is 0.303. The van der Waals surface area contributed by atoms with Crippen molar-refractivity contribution in [2.24, 2.45) is 0 Å². The number of hydrogen-bond acceptors (Lipinski definition) is 2. The maximum atomic E-state index is 5.64. The van der Waals surface area contributed by atoms with Crippen molar-refractivity contribution in [3.63, 3.8) is 0 Å². The van der Waals surface area contributed by atoms with Gasteiger partial charge in [-0.05, 0) is 6.42 Å². The van der Waals surface area contributed by atoms with Crippen LogP contribution in [0.2, 0.25) is 0 Å². The summed E-state index contributed by atoms with van der Waals surface area (Å²) in [6.07, 6.45) is 4.64. The van der Waals surface area contributed by atoms with Gasteiger partial charge >= 0.3 is 0 Å². The predicted molar refractivity (Wildman–Crippen MR) is 42.3 cm³/mol. The molecule has 1 aliphatic heterocycles. The van der Waals surface area contributed by atoms with Gasteiger partial charge in [0.05, 0.1) is 13.2 Å². The third kappa shape index (κ3) is 1.35. The summed E-state index contributed by atoms with van der Waals surface area (Å²) in [5.41, 5.74) is 0.967. The second-order valence-corrected chi connectivity index (χ2v) is 3.09. The molecule has 2 aliphatic rings. The molecule has 0 saturated carbocycles. The van der Waals surface area contributed by atoms with Crippen molar-refractivity contribution in [1.29, 1.82) is 0 Å². The molecular formula is C8H11BO2. The van der Waals surface area contributed by atoms with E-state index in [0.717, 1.165) is 37.9 Å². The minimum atomic E-state index is -0.303. The van der Waals surface area contributed by atoms with Gasteiger partial charge in [0.25, 0.3) is 0 Å². The van der Waals surface area contributed by atoms with Gasteiger partial charge in [-0.25, -0.2) is 0 Å². The van der Waals surface area contributed by atoms with Crippen molar-refractivity contribution in [2.45, 2.75) is 25.0 Å². The Hall–Kier alpha value is -0.275. The highest BCUT2D eigenvalue weighted by atomic mass is 16.7. The highest BCUT2D eigenvalue weighted by Crippen LogP contribution is 2.33. The molecule has 2 rings (SSSR count). The molecule has 1 spiro atoms. The molecule has 1 aliphatic carbocycles. The van der Waals surface area contributed by atoms with E-state index in [9.17, 15) is 0 Å². The van der Waals surface area contributed by atoms with Crippen molar-refractivity contribution in [1.82, 2.24) is 0 Å². The van der Waals surface area contributed by atoms with Crippen LogP contribution in [0, 0.1) is 0 Å². The van der Waals surface area contributed by atoms with Crippen LogP contribution in [0.4, 0.5) is 0 Å². The van der Waals surface area contributed by atoms with E-state index < -0.39 is 0 Å². The summed E-state index contributed by atoms with van der Waals surface area (Å²) in [7, 11) is 5.64. The maximum Gasteiger partial charge on any atom is 0.172 e. The van der Waals surface area contributed by atoms with E-state index in [1.54, 1.807) is 0 Å². The van der Waals surface area contributed by atoms with Gasteiger partial charge in [0.2, 0.25) is 0 Å². The van der Waals surface area contributed by atoms with Crippen LogP contribution >= 0.6 is 0 Å². The number of rotatable bonds is 0. The van der Waals surface area contributed by atoms with Gasteiger partial charge in [-0.15, -0.1) is 5.47 Å². The third-order valence-electron chi connectivity index (χ3n) is 2.28. The summed E-state index contributed by atoms with van der Waals surface area (Å²) in [6, 6.07) is 0. The summed E-state index contributed by atoms with van der Waals surface area (Å²) in [4.78, 5) is 0. The molecule has 0 amide bonds. The zero-order chi connectivity index (χ0) is 7.73. The van der Waals surface area contributed by atoms with Crippen molar-refractivity contribution in [2.75, 3.05) is 13.2 Å². The highest BCUT2D eigenvalue weighted by molar-refractivity contribution is 6.21. The molecule has 2 radical (unpaired) electrons. The Morgan fingerprint density at radius 3 is 2.64 bits per heavy atom. The van der Waals surface area contributed by atoms with Gasteiger partial charge in [-0.2, -0.15) is 0 Å². The maximum absolute atomic E-state index is 5.64. The average Bonchev–Trinajstić information content (AvgIpc) is 2.45. The summed E-state index contributed by atoms with van der Waals surface area (Å²) >= 11 is 0. The van der Waals surface area contributed by atoms with Crippen molar-refractivity contribution < 1.29 is 9.47 Å².